The van der Waals surface area contributed by atoms with E-state index in [1.165, 1.54) is 6.07 Å². The van der Waals surface area contributed by atoms with Gasteiger partial charge in [0.1, 0.15) is 11.5 Å². The van der Waals surface area contributed by atoms with E-state index in [1.54, 1.807) is 30.3 Å². The summed E-state index contributed by atoms with van der Waals surface area (Å²) >= 11 is 13.9. The van der Waals surface area contributed by atoms with E-state index in [2.05, 4.69) is 14.1 Å². The lowest BCUT2D eigenvalue weighted by Gasteiger charge is -2.22. The van der Waals surface area contributed by atoms with Crippen LogP contribution in [-0.4, -0.2) is 43.8 Å². The van der Waals surface area contributed by atoms with Crippen LogP contribution in [0.1, 0.15) is 0 Å². The standard InChI is InChI=1S/C18H10Cl2N4O6S4/c19-8-4-5-13-10(6-8)21-17(31-13)22-33(27,28)7-12(25)15-16(26)24-11-3-1-2-9(20)14(11)32-18(24)23-34(15,29)30/h1-6,25H,7H2,(H,21,22)/b15-12+. The Bertz CT molecular complexity index is 1680. The molecule has 2 aromatic carbocycles. The van der Waals surface area contributed by atoms with Crippen molar-refractivity contribution >= 4 is 98.5 Å². The number of fused-ring (bicyclic) bond motifs is 4. The van der Waals surface area contributed by atoms with Gasteiger partial charge in [0.25, 0.3) is 15.9 Å². The molecule has 16 heteroatoms. The number of amides is 1. The molecule has 2 aliphatic rings. The molecule has 1 aromatic heterocycles. The number of hydrogen-bond donors (Lipinski definition) is 2. The first kappa shape index (κ1) is 23.4. The van der Waals surface area contributed by atoms with Crippen molar-refractivity contribution in [2.75, 3.05) is 15.4 Å². The maximum atomic E-state index is 13.1. The number of nitrogens with one attached hydrogen (secondary N) is 1. The fraction of sp³-hybridized carbons (Fsp3) is 0.0556. The summed E-state index contributed by atoms with van der Waals surface area (Å²) in [5.74, 6) is -3.51. The first-order chi connectivity index (χ1) is 15.9. The number of sulfonamides is 2. The highest BCUT2D eigenvalue weighted by atomic mass is 35.5. The Kier molecular flexibility index (Phi) is 5.57. The first-order valence-electron chi connectivity index (χ1n) is 9.10. The van der Waals surface area contributed by atoms with Crippen LogP contribution in [0.4, 0.5) is 10.8 Å². The molecular weight excluding hydrogens is 567 g/mol. The van der Waals surface area contributed by atoms with Gasteiger partial charge in [-0.1, -0.05) is 40.6 Å². The Morgan fingerprint density at radius 3 is 2.74 bits per heavy atom. The number of nitrogens with zero attached hydrogens (tertiary/aromatic N) is 3. The van der Waals surface area contributed by atoms with Crippen molar-refractivity contribution in [2.24, 2.45) is 4.40 Å². The summed E-state index contributed by atoms with van der Waals surface area (Å²) in [5, 5.41) is 11.0. The van der Waals surface area contributed by atoms with Gasteiger partial charge >= 0.3 is 0 Å². The van der Waals surface area contributed by atoms with Crippen LogP contribution >= 0.6 is 46.3 Å². The monoisotopic (exact) mass is 576 g/mol. The van der Waals surface area contributed by atoms with Crippen molar-refractivity contribution in [1.82, 2.24) is 4.98 Å². The van der Waals surface area contributed by atoms with E-state index in [0.717, 1.165) is 28.0 Å². The number of thioether (sulfide) groups is 1. The van der Waals surface area contributed by atoms with E-state index in [1.807, 2.05) is 0 Å². The highest BCUT2D eigenvalue weighted by molar-refractivity contribution is 8.16. The zero-order valence-electron chi connectivity index (χ0n) is 16.4. The lowest BCUT2D eigenvalue weighted by Crippen LogP contribution is -2.41. The molecule has 0 bridgehead atoms. The SMILES string of the molecule is O=C1/C(=C(\O)CS(=O)(=O)Nc2nc3cc(Cl)ccc3s2)S(=O)(=O)N=C2Sc3c(Cl)cccc3N12. The number of aliphatic hydroxyl groups is 1. The summed E-state index contributed by atoms with van der Waals surface area (Å²) < 4.78 is 57.0. The van der Waals surface area contributed by atoms with Crippen molar-refractivity contribution in [3.8, 4) is 0 Å². The maximum absolute atomic E-state index is 13.1. The number of thiazole rings is 1. The molecule has 34 heavy (non-hydrogen) atoms. The van der Waals surface area contributed by atoms with Crippen LogP contribution in [0.15, 0.2) is 56.4 Å². The summed E-state index contributed by atoms with van der Waals surface area (Å²) in [5.41, 5.74) is 0.726. The summed E-state index contributed by atoms with van der Waals surface area (Å²) in [6.45, 7) is 0. The minimum atomic E-state index is -4.68. The van der Waals surface area contributed by atoms with Gasteiger partial charge in [-0.25, -0.2) is 13.4 Å². The first-order valence-corrected chi connectivity index (χ1v) is 14.6. The lowest BCUT2D eigenvalue weighted by molar-refractivity contribution is -0.113. The van der Waals surface area contributed by atoms with Gasteiger partial charge in [0.15, 0.2) is 15.2 Å². The molecule has 5 rings (SSSR count). The molecule has 0 aliphatic carbocycles. The molecule has 0 saturated heterocycles. The van der Waals surface area contributed by atoms with Crippen LogP contribution < -0.4 is 9.62 Å². The minimum Gasteiger partial charge on any atom is -0.509 e. The third-order valence-electron chi connectivity index (χ3n) is 4.61. The van der Waals surface area contributed by atoms with E-state index in [4.69, 9.17) is 23.2 Å². The fourth-order valence-electron chi connectivity index (χ4n) is 3.26. The van der Waals surface area contributed by atoms with Crippen LogP contribution in [0.2, 0.25) is 10.0 Å². The molecule has 0 atom stereocenters. The average Bonchev–Trinajstić information content (AvgIpc) is 3.26. The molecule has 0 saturated carbocycles. The highest BCUT2D eigenvalue weighted by Crippen LogP contribution is 2.47. The Labute approximate surface area is 211 Å². The van der Waals surface area contributed by atoms with Crippen molar-refractivity contribution in [3.05, 3.63) is 57.1 Å². The third-order valence-corrected chi connectivity index (χ3v) is 10.1. The second-order valence-corrected chi connectivity index (χ2v) is 13.1. The maximum Gasteiger partial charge on any atom is 0.293 e. The third kappa shape index (κ3) is 4.03. The van der Waals surface area contributed by atoms with Gasteiger partial charge in [-0.15, -0.1) is 4.40 Å². The number of halogens is 2. The summed E-state index contributed by atoms with van der Waals surface area (Å²) in [7, 11) is -9.04. The molecule has 0 radical (unpaired) electrons. The lowest BCUT2D eigenvalue weighted by atomic mass is 10.3. The van der Waals surface area contributed by atoms with Gasteiger partial charge in [-0.05, 0) is 42.1 Å². The molecule has 0 spiro atoms. The summed E-state index contributed by atoms with van der Waals surface area (Å²) in [4.78, 5) is 17.4. The van der Waals surface area contributed by atoms with Crippen molar-refractivity contribution in [1.29, 1.82) is 0 Å². The van der Waals surface area contributed by atoms with Crippen molar-refractivity contribution in [2.45, 2.75) is 4.90 Å². The number of rotatable bonds is 4. The van der Waals surface area contributed by atoms with E-state index in [9.17, 15) is 26.7 Å². The van der Waals surface area contributed by atoms with Crippen LogP contribution in [0.25, 0.3) is 10.2 Å². The molecule has 10 nitrogen and oxygen atoms in total. The zero-order valence-corrected chi connectivity index (χ0v) is 21.2. The second-order valence-electron chi connectivity index (χ2n) is 6.95. The van der Waals surface area contributed by atoms with Gasteiger partial charge < -0.3 is 5.11 Å². The Hall–Kier alpha value is -2.36. The van der Waals surface area contributed by atoms with Crippen LogP contribution in [0, 0.1) is 0 Å². The highest BCUT2D eigenvalue weighted by Gasteiger charge is 2.46. The van der Waals surface area contributed by atoms with Crippen LogP contribution in [0.5, 0.6) is 0 Å². The topological polar surface area (TPSA) is 146 Å². The number of carbonyl (C=O) groups is 1. The number of amidine groups is 1. The number of hydrogen-bond acceptors (Lipinski definition) is 9. The fourth-order valence-corrected chi connectivity index (χ4v) is 8.33. The normalized spacial score (nSPS) is 18.5. The predicted molar refractivity (Wildman–Crippen MR) is 133 cm³/mol. The number of benzene rings is 2. The number of aliphatic hydroxyl groups excluding tert-OH is 1. The molecular formula is C18H10Cl2N4O6S4. The number of aromatic nitrogens is 1. The Morgan fingerprint density at radius 1 is 1.21 bits per heavy atom. The molecule has 2 aliphatic heterocycles. The predicted octanol–water partition coefficient (Wildman–Crippen LogP) is 3.95. The molecule has 2 N–H and O–H groups in total. The molecule has 3 heterocycles. The van der Waals surface area contributed by atoms with E-state index >= 15 is 0 Å². The molecule has 0 fully saturated rings. The minimum absolute atomic E-state index is 0.0206. The molecule has 3 aromatic rings. The average molecular weight is 577 g/mol. The number of anilines is 2. The van der Waals surface area contributed by atoms with Crippen LogP contribution in [-0.2, 0) is 24.8 Å². The molecule has 176 valence electrons. The summed E-state index contributed by atoms with van der Waals surface area (Å²) in [6, 6.07) is 9.47. The quantitative estimate of drug-likeness (QED) is 0.350. The summed E-state index contributed by atoms with van der Waals surface area (Å²) in [6.07, 6.45) is 0. The number of carbonyl (C=O) groups excluding carboxylic acids is 1. The zero-order chi connectivity index (χ0) is 24.4. The molecule has 0 unspecified atom stereocenters. The second kappa shape index (κ2) is 8.10. The molecule has 1 amide bonds. The van der Waals surface area contributed by atoms with Gasteiger partial charge in [0, 0.05) is 5.02 Å². The van der Waals surface area contributed by atoms with Crippen LogP contribution in [0.3, 0.4) is 0 Å². The van der Waals surface area contributed by atoms with E-state index in [0.29, 0.717) is 20.1 Å². The van der Waals surface area contributed by atoms with Gasteiger partial charge in [0.2, 0.25) is 10.0 Å². The van der Waals surface area contributed by atoms with Gasteiger partial charge in [-0.3, -0.25) is 14.4 Å². The largest absolute Gasteiger partial charge is 0.509 e. The van der Waals surface area contributed by atoms with Crippen molar-refractivity contribution in [3.63, 3.8) is 0 Å². The van der Waals surface area contributed by atoms with Crippen molar-refractivity contribution < 1.29 is 26.7 Å². The Morgan fingerprint density at radius 2 is 1.97 bits per heavy atom. The van der Waals surface area contributed by atoms with E-state index < -0.39 is 42.4 Å². The van der Waals surface area contributed by atoms with Gasteiger partial charge in [0.05, 0.1) is 25.8 Å². The van der Waals surface area contributed by atoms with Gasteiger partial charge in [-0.2, -0.15) is 8.42 Å². The smallest absolute Gasteiger partial charge is 0.293 e. The Balaban J connectivity index is 1.49. The van der Waals surface area contributed by atoms with E-state index in [-0.39, 0.29) is 21.0 Å².